The summed E-state index contributed by atoms with van der Waals surface area (Å²) in [5, 5.41) is 12.5. The molecule has 6 heteroatoms. The fourth-order valence-electron chi connectivity index (χ4n) is 4.34. The Kier molecular flexibility index (Phi) is 5.67. The van der Waals surface area contributed by atoms with Gasteiger partial charge in [0.15, 0.2) is 0 Å². The Hall–Kier alpha value is -1.92. The molecule has 4 rings (SSSR count). The predicted molar refractivity (Wildman–Crippen MR) is 117 cm³/mol. The molecule has 0 unspecified atom stereocenters. The third-order valence-corrected chi connectivity index (χ3v) is 7.94. The van der Waals surface area contributed by atoms with E-state index in [1.54, 1.807) is 16.4 Å². The van der Waals surface area contributed by atoms with Gasteiger partial charge in [0.05, 0.1) is 11.5 Å². The third kappa shape index (κ3) is 4.05. The van der Waals surface area contributed by atoms with Crippen LogP contribution in [0.2, 0.25) is 5.02 Å². The summed E-state index contributed by atoms with van der Waals surface area (Å²) in [6.45, 7) is 0.686. The van der Waals surface area contributed by atoms with Gasteiger partial charge in [0.1, 0.15) is 0 Å². The van der Waals surface area contributed by atoms with Gasteiger partial charge in [0, 0.05) is 28.9 Å². The Labute approximate surface area is 176 Å². The topological polar surface area (TPSA) is 57.6 Å². The van der Waals surface area contributed by atoms with Gasteiger partial charge in [-0.05, 0) is 48.4 Å². The molecule has 0 spiro atoms. The smallest absolute Gasteiger partial charge is 0.243 e. The molecule has 1 aliphatic rings. The van der Waals surface area contributed by atoms with Crippen molar-refractivity contribution < 1.29 is 13.5 Å². The van der Waals surface area contributed by atoms with Crippen LogP contribution in [0.5, 0.6) is 0 Å². The van der Waals surface area contributed by atoms with Crippen molar-refractivity contribution >= 4 is 32.4 Å². The van der Waals surface area contributed by atoms with E-state index in [1.165, 1.54) is 0 Å². The predicted octanol–water partition coefficient (Wildman–Crippen LogP) is 4.50. The van der Waals surface area contributed by atoms with Gasteiger partial charge in [-0.2, -0.15) is 4.31 Å². The lowest BCUT2D eigenvalue weighted by Gasteiger charge is -2.41. The molecule has 3 aromatic rings. The number of benzene rings is 3. The van der Waals surface area contributed by atoms with Crippen LogP contribution in [-0.2, 0) is 16.4 Å². The van der Waals surface area contributed by atoms with Gasteiger partial charge in [-0.3, -0.25) is 0 Å². The molecule has 1 fully saturated rings. The summed E-state index contributed by atoms with van der Waals surface area (Å²) in [4.78, 5) is 0.326. The van der Waals surface area contributed by atoms with Gasteiger partial charge in [-0.25, -0.2) is 8.42 Å². The highest BCUT2D eigenvalue weighted by molar-refractivity contribution is 7.89. The maximum atomic E-state index is 13.5. The van der Waals surface area contributed by atoms with Crippen LogP contribution in [0.1, 0.15) is 18.4 Å². The van der Waals surface area contributed by atoms with E-state index < -0.39 is 15.4 Å². The molecule has 0 amide bonds. The molecule has 1 N–H and O–H groups in total. The van der Waals surface area contributed by atoms with E-state index in [4.69, 9.17) is 11.6 Å². The van der Waals surface area contributed by atoms with Crippen molar-refractivity contribution in [3.8, 4) is 0 Å². The maximum absolute atomic E-state index is 13.5. The first kappa shape index (κ1) is 20.4. The number of fused-ring (bicyclic) bond motifs is 1. The molecule has 152 valence electrons. The zero-order chi connectivity index (χ0) is 20.5. The zero-order valence-electron chi connectivity index (χ0n) is 16.1. The number of piperidine rings is 1. The Bertz CT molecular complexity index is 1130. The minimum absolute atomic E-state index is 0.0684. The van der Waals surface area contributed by atoms with Crippen molar-refractivity contribution in [3.05, 3.63) is 77.3 Å². The number of nitrogens with zero attached hydrogens (tertiary/aromatic N) is 1. The number of halogens is 1. The SMILES string of the molecule is O=S(=O)(c1cccc2ccccc12)N1CCC[C@@](CO)(Cc2cccc(Cl)c2)C1. The molecule has 0 saturated carbocycles. The highest BCUT2D eigenvalue weighted by atomic mass is 35.5. The largest absolute Gasteiger partial charge is 0.396 e. The lowest BCUT2D eigenvalue weighted by Crippen LogP contribution is -2.48. The summed E-state index contributed by atoms with van der Waals surface area (Å²) in [5.41, 5.74) is 0.497. The molecular formula is C23H24ClNO3S. The first-order chi connectivity index (χ1) is 13.9. The first-order valence-corrected chi connectivity index (χ1v) is 11.6. The van der Waals surface area contributed by atoms with Crippen LogP contribution < -0.4 is 0 Å². The Morgan fingerprint density at radius 1 is 1.03 bits per heavy atom. The highest BCUT2D eigenvalue weighted by Gasteiger charge is 2.40. The summed E-state index contributed by atoms with van der Waals surface area (Å²) in [6, 6.07) is 20.5. The van der Waals surface area contributed by atoms with Crippen LogP contribution in [0.4, 0.5) is 0 Å². The van der Waals surface area contributed by atoms with Crippen LogP contribution in [0.3, 0.4) is 0 Å². The second-order valence-electron chi connectivity index (χ2n) is 7.88. The Balaban J connectivity index is 1.67. The average Bonchev–Trinajstić information content (AvgIpc) is 2.73. The number of sulfonamides is 1. The van der Waals surface area contributed by atoms with Crippen molar-refractivity contribution in [2.24, 2.45) is 5.41 Å². The molecule has 0 radical (unpaired) electrons. The second-order valence-corrected chi connectivity index (χ2v) is 10.2. The summed E-state index contributed by atoms with van der Waals surface area (Å²) < 4.78 is 28.6. The molecule has 0 aliphatic carbocycles. The van der Waals surface area contributed by atoms with E-state index in [2.05, 4.69) is 0 Å². The highest BCUT2D eigenvalue weighted by Crippen LogP contribution is 2.37. The quantitative estimate of drug-likeness (QED) is 0.649. The van der Waals surface area contributed by atoms with Crippen LogP contribution in [-0.4, -0.2) is 37.5 Å². The molecule has 1 saturated heterocycles. The molecule has 3 aromatic carbocycles. The number of rotatable bonds is 5. The summed E-state index contributed by atoms with van der Waals surface area (Å²) in [5.74, 6) is 0. The maximum Gasteiger partial charge on any atom is 0.243 e. The Morgan fingerprint density at radius 2 is 1.79 bits per heavy atom. The standard InChI is InChI=1S/C23H24ClNO3S/c24-20-9-3-6-18(14-20)15-23(17-26)12-5-13-25(16-23)29(27,28)22-11-4-8-19-7-1-2-10-21(19)22/h1-4,6-11,14,26H,5,12-13,15-17H2/t23-/m1/s1. The molecular weight excluding hydrogens is 406 g/mol. The fraction of sp³-hybridized carbons (Fsp3) is 0.304. The fourth-order valence-corrected chi connectivity index (χ4v) is 6.36. The summed E-state index contributed by atoms with van der Waals surface area (Å²) in [7, 11) is -3.67. The summed E-state index contributed by atoms with van der Waals surface area (Å²) in [6.07, 6.45) is 2.08. The van der Waals surface area contributed by atoms with E-state index in [1.807, 2.05) is 54.6 Å². The zero-order valence-corrected chi connectivity index (χ0v) is 17.7. The number of hydrogen-bond acceptors (Lipinski definition) is 3. The second kappa shape index (κ2) is 8.07. The lowest BCUT2D eigenvalue weighted by molar-refractivity contribution is 0.0645. The molecule has 4 nitrogen and oxygen atoms in total. The van der Waals surface area contributed by atoms with Crippen molar-refractivity contribution in [1.82, 2.24) is 4.31 Å². The van der Waals surface area contributed by atoms with Gasteiger partial charge in [0.25, 0.3) is 0 Å². The van der Waals surface area contributed by atoms with Crippen LogP contribution in [0.15, 0.2) is 71.6 Å². The lowest BCUT2D eigenvalue weighted by atomic mass is 9.76. The Morgan fingerprint density at radius 3 is 2.59 bits per heavy atom. The van der Waals surface area contributed by atoms with Crippen LogP contribution in [0, 0.1) is 5.41 Å². The van der Waals surface area contributed by atoms with Gasteiger partial charge in [0.2, 0.25) is 10.0 Å². The molecule has 1 atom stereocenters. The van der Waals surface area contributed by atoms with E-state index >= 15 is 0 Å². The minimum atomic E-state index is -3.67. The van der Waals surface area contributed by atoms with Crippen LogP contribution in [0.25, 0.3) is 10.8 Å². The van der Waals surface area contributed by atoms with Gasteiger partial charge < -0.3 is 5.11 Å². The number of aliphatic hydroxyl groups excluding tert-OH is 1. The number of aliphatic hydroxyl groups is 1. The average molecular weight is 430 g/mol. The normalized spacial score (nSPS) is 20.8. The monoisotopic (exact) mass is 429 g/mol. The molecule has 1 aliphatic heterocycles. The molecule has 29 heavy (non-hydrogen) atoms. The van der Waals surface area contributed by atoms with Crippen molar-refractivity contribution in [2.75, 3.05) is 19.7 Å². The van der Waals surface area contributed by atoms with E-state index in [0.29, 0.717) is 35.8 Å². The molecule has 0 aromatic heterocycles. The van der Waals surface area contributed by atoms with Gasteiger partial charge in [-0.1, -0.05) is 60.1 Å². The van der Waals surface area contributed by atoms with E-state index in [-0.39, 0.29) is 6.61 Å². The van der Waals surface area contributed by atoms with Crippen molar-refractivity contribution in [1.29, 1.82) is 0 Å². The van der Waals surface area contributed by atoms with Gasteiger partial charge >= 0.3 is 0 Å². The van der Waals surface area contributed by atoms with Crippen molar-refractivity contribution in [3.63, 3.8) is 0 Å². The third-order valence-electron chi connectivity index (χ3n) is 5.80. The summed E-state index contributed by atoms with van der Waals surface area (Å²) >= 11 is 6.12. The minimum Gasteiger partial charge on any atom is -0.396 e. The van der Waals surface area contributed by atoms with Gasteiger partial charge in [-0.15, -0.1) is 0 Å². The number of hydrogen-bond donors (Lipinski definition) is 1. The van der Waals surface area contributed by atoms with Crippen molar-refractivity contribution in [2.45, 2.75) is 24.2 Å². The molecule has 1 heterocycles. The van der Waals surface area contributed by atoms with Crippen LogP contribution >= 0.6 is 11.6 Å². The van der Waals surface area contributed by atoms with E-state index in [9.17, 15) is 13.5 Å². The first-order valence-electron chi connectivity index (χ1n) is 9.77. The van der Waals surface area contributed by atoms with E-state index in [0.717, 1.165) is 22.8 Å². The molecule has 0 bridgehead atoms.